The molecule has 3 nitrogen and oxygen atoms in total. The van der Waals surface area contributed by atoms with Gasteiger partial charge in [0.1, 0.15) is 0 Å². The van der Waals surface area contributed by atoms with Crippen molar-refractivity contribution in [3.63, 3.8) is 0 Å². The average molecular weight is 410 g/mol. The Morgan fingerprint density at radius 1 is 0.893 bits per heavy atom. The van der Waals surface area contributed by atoms with Crippen LogP contribution in [-0.4, -0.2) is 5.97 Å². The van der Waals surface area contributed by atoms with E-state index in [2.05, 4.69) is 13.5 Å². The van der Waals surface area contributed by atoms with Crippen LogP contribution in [0.4, 0.5) is 0 Å². The molecule has 0 unspecified atom stereocenters. The van der Waals surface area contributed by atoms with Gasteiger partial charge in [-0.05, 0) is 12.5 Å². The van der Waals surface area contributed by atoms with Gasteiger partial charge in [-0.3, -0.25) is 0 Å². The molecule has 28 heavy (non-hydrogen) atoms. The van der Waals surface area contributed by atoms with Gasteiger partial charge in [0.15, 0.2) is 12.7 Å². The maximum absolute atomic E-state index is 11.4. The van der Waals surface area contributed by atoms with Crippen molar-refractivity contribution in [1.82, 2.24) is 0 Å². The number of carbonyl (C=O) groups is 1. The molecular weight excluding hydrogens is 370 g/mol. The lowest BCUT2D eigenvalue weighted by atomic mass is 10.0. The van der Waals surface area contributed by atoms with E-state index in [-0.39, 0.29) is 12.4 Å². The van der Waals surface area contributed by atoms with Crippen LogP contribution in [0, 0.1) is 0 Å². The highest BCUT2D eigenvalue weighted by Gasteiger charge is 2.12. The van der Waals surface area contributed by atoms with Gasteiger partial charge >= 0.3 is 11.8 Å². The summed E-state index contributed by atoms with van der Waals surface area (Å²) in [4.78, 5) is 11.4. The zero-order valence-electron chi connectivity index (χ0n) is 17.8. The largest absolute Gasteiger partial charge is 1.00 e. The molecule has 0 aromatic carbocycles. The Morgan fingerprint density at radius 3 is 1.89 bits per heavy atom. The lowest BCUT2D eigenvalue weighted by Gasteiger charge is -2.04. The first-order valence-electron chi connectivity index (χ1n) is 11.1. The highest BCUT2D eigenvalue weighted by atomic mass is 35.5. The number of carbonyl (C=O) groups excluding carboxylic acids is 1. The normalized spacial score (nSPS) is 10.3. The minimum Gasteiger partial charge on any atom is -1.00 e. The van der Waals surface area contributed by atoms with E-state index < -0.39 is 5.97 Å². The third-order valence-corrected chi connectivity index (χ3v) is 5.02. The molecule has 0 saturated heterocycles. The third kappa shape index (κ3) is 13.8. The van der Waals surface area contributed by atoms with Gasteiger partial charge < -0.3 is 17.1 Å². The topological polar surface area (TPSA) is 30.2 Å². The summed E-state index contributed by atoms with van der Waals surface area (Å²) in [5.74, 6) is 0.188. The molecule has 0 radical (unpaired) electrons. The SMILES string of the molecule is C=CC(=O)Oc1cccc[n+]1CCCCCCCCCCCCCCCC.[Cl-]. The predicted octanol–water partition coefficient (Wildman–Crippen LogP) is 3.55. The lowest BCUT2D eigenvalue weighted by Crippen LogP contribution is -3.00. The molecule has 1 aromatic heterocycles. The number of aromatic nitrogens is 1. The number of unbranched alkanes of at least 4 members (excludes halogenated alkanes) is 13. The van der Waals surface area contributed by atoms with E-state index in [0.717, 1.165) is 13.0 Å². The van der Waals surface area contributed by atoms with E-state index in [1.54, 1.807) is 0 Å². The molecule has 0 amide bonds. The van der Waals surface area contributed by atoms with Crippen molar-refractivity contribution in [2.45, 2.75) is 103 Å². The zero-order valence-corrected chi connectivity index (χ0v) is 18.6. The van der Waals surface area contributed by atoms with E-state index in [1.165, 1.54) is 89.5 Å². The van der Waals surface area contributed by atoms with Crippen molar-refractivity contribution in [2.24, 2.45) is 0 Å². The van der Waals surface area contributed by atoms with Crippen LogP contribution in [0.25, 0.3) is 0 Å². The fraction of sp³-hybridized carbons (Fsp3) is 0.667. The van der Waals surface area contributed by atoms with Crippen LogP contribution in [-0.2, 0) is 11.3 Å². The number of halogens is 1. The van der Waals surface area contributed by atoms with Gasteiger partial charge in [-0.25, -0.2) is 4.79 Å². The lowest BCUT2D eigenvalue weighted by molar-refractivity contribution is -0.700. The van der Waals surface area contributed by atoms with Gasteiger partial charge in [0, 0.05) is 18.6 Å². The first-order valence-corrected chi connectivity index (χ1v) is 11.1. The van der Waals surface area contributed by atoms with Crippen molar-refractivity contribution in [3.05, 3.63) is 37.1 Å². The van der Waals surface area contributed by atoms with Gasteiger partial charge in [-0.15, -0.1) is 0 Å². The molecule has 0 bridgehead atoms. The van der Waals surface area contributed by atoms with Crippen molar-refractivity contribution >= 4 is 5.97 Å². The van der Waals surface area contributed by atoms with E-state index in [9.17, 15) is 4.79 Å². The summed E-state index contributed by atoms with van der Waals surface area (Å²) in [7, 11) is 0. The summed E-state index contributed by atoms with van der Waals surface area (Å²) in [5, 5.41) is 0. The Hall–Kier alpha value is -1.35. The second-order valence-corrected chi connectivity index (χ2v) is 7.45. The minimum atomic E-state index is -0.407. The number of pyridine rings is 1. The molecule has 1 aromatic rings. The van der Waals surface area contributed by atoms with Crippen LogP contribution in [0.3, 0.4) is 0 Å². The number of ether oxygens (including phenoxy) is 1. The summed E-state index contributed by atoms with van der Waals surface area (Å²) < 4.78 is 7.27. The van der Waals surface area contributed by atoms with Crippen LogP contribution >= 0.6 is 0 Å². The quantitative estimate of drug-likeness (QED) is 0.170. The fourth-order valence-corrected chi connectivity index (χ4v) is 3.36. The van der Waals surface area contributed by atoms with Gasteiger partial charge in [0.2, 0.25) is 0 Å². The van der Waals surface area contributed by atoms with Crippen molar-refractivity contribution < 1.29 is 26.5 Å². The fourth-order valence-electron chi connectivity index (χ4n) is 3.36. The zero-order chi connectivity index (χ0) is 19.6. The number of aryl methyl sites for hydroxylation is 1. The Morgan fingerprint density at radius 2 is 1.39 bits per heavy atom. The molecule has 0 aliphatic rings. The number of esters is 1. The minimum absolute atomic E-state index is 0. The molecule has 0 aliphatic heterocycles. The Bertz CT molecular complexity index is 519. The number of hydrogen-bond acceptors (Lipinski definition) is 2. The maximum atomic E-state index is 11.4. The molecule has 0 N–H and O–H groups in total. The number of hydrogen-bond donors (Lipinski definition) is 0. The molecule has 0 fully saturated rings. The van der Waals surface area contributed by atoms with Crippen LogP contribution in [0.1, 0.15) is 96.8 Å². The smallest absolute Gasteiger partial charge is 0.375 e. The number of rotatable bonds is 17. The molecular formula is C24H40ClNO2. The first-order chi connectivity index (χ1) is 13.3. The molecule has 160 valence electrons. The van der Waals surface area contributed by atoms with Crippen molar-refractivity contribution in [1.29, 1.82) is 0 Å². The predicted molar refractivity (Wildman–Crippen MR) is 113 cm³/mol. The van der Waals surface area contributed by atoms with Crippen LogP contribution in [0.15, 0.2) is 37.1 Å². The van der Waals surface area contributed by atoms with E-state index >= 15 is 0 Å². The third-order valence-electron chi connectivity index (χ3n) is 5.02. The highest BCUT2D eigenvalue weighted by molar-refractivity contribution is 5.82. The Balaban J connectivity index is 0.00000729. The summed E-state index contributed by atoms with van der Waals surface area (Å²) in [6.07, 6.45) is 22.2. The van der Waals surface area contributed by atoms with Gasteiger partial charge in [-0.1, -0.05) is 90.6 Å². The molecule has 0 atom stereocenters. The van der Waals surface area contributed by atoms with Crippen molar-refractivity contribution in [2.75, 3.05) is 0 Å². The Kier molecular flexibility index (Phi) is 18.1. The molecule has 0 saturated carbocycles. The molecule has 1 rings (SSSR count). The number of nitrogens with zero attached hydrogens (tertiary/aromatic N) is 1. The molecule has 0 spiro atoms. The van der Waals surface area contributed by atoms with E-state index in [1.807, 2.05) is 29.0 Å². The van der Waals surface area contributed by atoms with Gasteiger partial charge in [-0.2, -0.15) is 4.57 Å². The van der Waals surface area contributed by atoms with E-state index in [4.69, 9.17) is 4.74 Å². The molecule has 4 heteroatoms. The standard InChI is InChI=1S/C24H40NO2.ClH/c1-3-5-6-7-8-9-10-11-12-13-14-15-16-18-21-25-22-19-17-20-23(25)27-24(26)4-2;/h4,17,19-20,22H,2-3,5-16,18,21H2,1H3;1H/q+1;/p-1. The van der Waals surface area contributed by atoms with Crippen molar-refractivity contribution in [3.8, 4) is 5.88 Å². The first kappa shape index (κ1) is 26.6. The van der Waals surface area contributed by atoms with Crippen LogP contribution in [0.2, 0.25) is 0 Å². The van der Waals surface area contributed by atoms with Gasteiger partial charge in [0.25, 0.3) is 0 Å². The van der Waals surface area contributed by atoms with Gasteiger partial charge in [0.05, 0.1) is 6.07 Å². The molecule has 1 heterocycles. The Labute approximate surface area is 179 Å². The monoisotopic (exact) mass is 409 g/mol. The second kappa shape index (κ2) is 19.0. The highest BCUT2D eigenvalue weighted by Crippen LogP contribution is 2.13. The van der Waals surface area contributed by atoms with Crippen LogP contribution in [0.5, 0.6) is 5.88 Å². The van der Waals surface area contributed by atoms with Crippen LogP contribution < -0.4 is 21.7 Å². The average Bonchev–Trinajstić information content (AvgIpc) is 2.69. The summed E-state index contributed by atoms with van der Waals surface area (Å²) in [6.45, 7) is 6.61. The molecule has 0 aliphatic carbocycles. The maximum Gasteiger partial charge on any atom is 0.375 e. The second-order valence-electron chi connectivity index (χ2n) is 7.45. The summed E-state index contributed by atoms with van der Waals surface area (Å²) in [6, 6.07) is 5.67. The summed E-state index contributed by atoms with van der Waals surface area (Å²) >= 11 is 0. The summed E-state index contributed by atoms with van der Waals surface area (Å²) in [5.41, 5.74) is 0. The van der Waals surface area contributed by atoms with E-state index in [0.29, 0.717) is 5.88 Å².